The Hall–Kier alpha value is -2.79. The van der Waals surface area contributed by atoms with Gasteiger partial charge in [-0.2, -0.15) is 0 Å². The zero-order valence-electron chi connectivity index (χ0n) is 21.0. The lowest BCUT2D eigenvalue weighted by Crippen LogP contribution is -2.48. The van der Waals surface area contributed by atoms with Gasteiger partial charge in [0, 0.05) is 29.7 Å². The van der Waals surface area contributed by atoms with E-state index in [0.717, 1.165) is 45.6 Å². The fourth-order valence-electron chi connectivity index (χ4n) is 7.37. The van der Waals surface area contributed by atoms with Crippen LogP contribution in [0.3, 0.4) is 0 Å². The first-order chi connectivity index (χ1) is 16.9. The van der Waals surface area contributed by atoms with E-state index >= 15 is 0 Å². The van der Waals surface area contributed by atoms with E-state index in [2.05, 4.69) is 18.2 Å². The Morgan fingerprint density at radius 1 is 1.06 bits per heavy atom. The summed E-state index contributed by atoms with van der Waals surface area (Å²) in [5, 5.41) is 11.2. The minimum Gasteiger partial charge on any atom is -0.495 e. The van der Waals surface area contributed by atoms with Crippen molar-refractivity contribution in [2.75, 3.05) is 27.4 Å². The van der Waals surface area contributed by atoms with Crippen LogP contribution in [0.5, 0.6) is 11.5 Å². The van der Waals surface area contributed by atoms with Crippen LogP contribution in [-0.2, 0) is 14.9 Å². The van der Waals surface area contributed by atoms with Crippen molar-refractivity contribution in [2.45, 2.75) is 50.9 Å². The highest BCUT2D eigenvalue weighted by Gasteiger charge is 2.52. The summed E-state index contributed by atoms with van der Waals surface area (Å²) >= 11 is 0. The summed E-state index contributed by atoms with van der Waals surface area (Å²) < 4.78 is 17.6. The fraction of sp³-hybridized carbons (Fsp3) is 0.500. The van der Waals surface area contributed by atoms with Crippen molar-refractivity contribution in [1.29, 1.82) is 0 Å². The summed E-state index contributed by atoms with van der Waals surface area (Å²) in [6.07, 6.45) is 12.9. The zero-order chi connectivity index (χ0) is 24.6. The molecule has 5 heteroatoms. The molecule has 0 unspecified atom stereocenters. The lowest BCUT2D eigenvalue weighted by Gasteiger charge is -2.57. The normalized spacial score (nSPS) is 27.6. The highest BCUT2D eigenvalue weighted by molar-refractivity contribution is 5.94. The number of aliphatic carboxylic acids is 1. The number of carboxylic acid groups (broad SMARTS) is 1. The number of fused-ring (bicyclic) bond motifs is 1. The molecule has 0 saturated heterocycles. The molecule has 186 valence electrons. The van der Waals surface area contributed by atoms with Crippen LogP contribution in [0.15, 0.2) is 42.0 Å². The third-order valence-corrected chi connectivity index (χ3v) is 8.34. The Morgan fingerprint density at radius 3 is 2.34 bits per heavy atom. The maximum Gasteiger partial charge on any atom is 0.328 e. The average Bonchev–Trinajstić information content (AvgIpc) is 2.80. The van der Waals surface area contributed by atoms with Crippen molar-refractivity contribution in [1.82, 2.24) is 0 Å². The van der Waals surface area contributed by atoms with Gasteiger partial charge in [0.05, 0.1) is 13.7 Å². The van der Waals surface area contributed by atoms with Crippen LogP contribution in [0, 0.1) is 17.8 Å². The molecule has 4 fully saturated rings. The lowest BCUT2D eigenvalue weighted by molar-refractivity contribution is -0.131. The van der Waals surface area contributed by atoms with E-state index in [4.69, 9.17) is 19.3 Å². The van der Waals surface area contributed by atoms with Crippen molar-refractivity contribution in [3.05, 3.63) is 53.1 Å². The van der Waals surface area contributed by atoms with Crippen molar-refractivity contribution in [3.63, 3.8) is 0 Å². The highest BCUT2D eigenvalue weighted by Crippen LogP contribution is 2.62. The van der Waals surface area contributed by atoms with Gasteiger partial charge in [0.2, 0.25) is 0 Å². The number of allylic oxidation sites excluding steroid dienone is 2. The predicted molar refractivity (Wildman–Crippen MR) is 138 cm³/mol. The molecule has 0 spiro atoms. The first-order valence-corrected chi connectivity index (χ1v) is 12.8. The smallest absolute Gasteiger partial charge is 0.328 e. The number of benzene rings is 2. The first-order valence-electron chi connectivity index (χ1n) is 12.8. The molecule has 0 aliphatic heterocycles. The number of carboxylic acids is 1. The minimum absolute atomic E-state index is 0.184. The number of hydrogen-bond acceptors (Lipinski definition) is 4. The number of hydrogen-bond donors (Lipinski definition) is 1. The van der Waals surface area contributed by atoms with Crippen LogP contribution in [0.1, 0.15) is 56.6 Å². The Balaban J connectivity index is 1.61. The molecular weight excluding hydrogens is 440 g/mol. The van der Waals surface area contributed by atoms with Gasteiger partial charge in [0.25, 0.3) is 0 Å². The van der Waals surface area contributed by atoms with Crippen LogP contribution in [-0.4, -0.2) is 38.5 Å². The van der Waals surface area contributed by atoms with Crippen molar-refractivity contribution < 1.29 is 24.1 Å². The van der Waals surface area contributed by atoms with Gasteiger partial charge in [-0.3, -0.25) is 0 Å². The molecule has 2 aromatic rings. The fourth-order valence-corrected chi connectivity index (χ4v) is 7.37. The molecule has 0 amide bonds. The topological polar surface area (TPSA) is 65.0 Å². The zero-order valence-corrected chi connectivity index (χ0v) is 21.0. The molecular formula is C30H36O5. The van der Waals surface area contributed by atoms with E-state index in [0.29, 0.717) is 18.8 Å². The largest absolute Gasteiger partial charge is 0.495 e. The van der Waals surface area contributed by atoms with Crippen LogP contribution >= 0.6 is 0 Å². The third-order valence-electron chi connectivity index (χ3n) is 8.34. The molecule has 4 saturated carbocycles. The van der Waals surface area contributed by atoms with E-state index in [1.165, 1.54) is 50.2 Å². The highest BCUT2D eigenvalue weighted by atomic mass is 16.5. The number of ether oxygens (including phenoxy) is 3. The number of rotatable bonds is 9. The standard InChI is InChI=1S/C30H36O5/c1-19(10-28(31)32)4-5-23-6-7-24-14-27(35-9-8-33-2)26(15-25(24)29(23)34-3)30-16-20-11-21(17-30)13-22(12-20)18-30/h4-7,10,14-15,20-22H,8-9,11-13,16-18H2,1-3H3,(H,31,32)/b5-4+,19-10+. The lowest BCUT2D eigenvalue weighted by atomic mass is 9.48. The van der Waals surface area contributed by atoms with Gasteiger partial charge in [-0.05, 0) is 91.7 Å². The van der Waals surface area contributed by atoms with E-state index in [9.17, 15) is 4.79 Å². The molecule has 6 rings (SSSR count). The van der Waals surface area contributed by atoms with E-state index in [1.54, 1.807) is 21.1 Å². The Bertz CT molecular complexity index is 1140. The molecule has 4 aliphatic carbocycles. The number of carbonyl (C=O) groups is 1. The second kappa shape index (κ2) is 9.69. The average molecular weight is 477 g/mol. The van der Waals surface area contributed by atoms with Crippen LogP contribution in [0.25, 0.3) is 16.8 Å². The molecule has 4 aliphatic rings. The second-order valence-corrected chi connectivity index (χ2v) is 10.9. The Kier molecular flexibility index (Phi) is 6.63. The van der Waals surface area contributed by atoms with Gasteiger partial charge < -0.3 is 19.3 Å². The van der Waals surface area contributed by atoms with Gasteiger partial charge in [0.15, 0.2) is 0 Å². The Labute approximate surface area is 207 Å². The van der Waals surface area contributed by atoms with Crippen molar-refractivity contribution in [2.24, 2.45) is 17.8 Å². The molecule has 0 aromatic heterocycles. The maximum atomic E-state index is 11.0. The van der Waals surface area contributed by atoms with Crippen LogP contribution in [0.2, 0.25) is 0 Å². The van der Waals surface area contributed by atoms with E-state index in [-0.39, 0.29) is 5.41 Å². The SMILES string of the molecule is COCCOc1cc2ccc(/C=C/C(C)=C/C(=O)O)c(OC)c2cc1C12CC3CC(CC(C3)C1)C2. The van der Waals surface area contributed by atoms with Gasteiger partial charge in [0.1, 0.15) is 18.1 Å². The molecule has 2 aromatic carbocycles. The summed E-state index contributed by atoms with van der Waals surface area (Å²) in [4.78, 5) is 11.0. The second-order valence-electron chi connectivity index (χ2n) is 10.9. The molecule has 5 nitrogen and oxygen atoms in total. The van der Waals surface area contributed by atoms with Crippen LogP contribution < -0.4 is 9.47 Å². The minimum atomic E-state index is -0.946. The van der Waals surface area contributed by atoms with Crippen LogP contribution in [0.4, 0.5) is 0 Å². The van der Waals surface area contributed by atoms with E-state index in [1.807, 2.05) is 18.2 Å². The van der Waals surface area contributed by atoms with Gasteiger partial charge in [-0.15, -0.1) is 0 Å². The quantitative estimate of drug-likeness (QED) is 0.258. The molecule has 0 heterocycles. The number of methoxy groups -OCH3 is 2. The Morgan fingerprint density at radius 2 is 1.74 bits per heavy atom. The molecule has 0 atom stereocenters. The first kappa shape index (κ1) is 23.9. The van der Waals surface area contributed by atoms with Gasteiger partial charge >= 0.3 is 5.97 Å². The molecule has 1 N–H and O–H groups in total. The summed E-state index contributed by atoms with van der Waals surface area (Å²) in [7, 11) is 3.41. The van der Waals surface area contributed by atoms with E-state index < -0.39 is 5.97 Å². The molecule has 35 heavy (non-hydrogen) atoms. The summed E-state index contributed by atoms with van der Waals surface area (Å²) in [5.74, 6) is 3.37. The third kappa shape index (κ3) is 4.71. The summed E-state index contributed by atoms with van der Waals surface area (Å²) in [6, 6.07) is 8.64. The predicted octanol–water partition coefficient (Wildman–Crippen LogP) is 6.39. The van der Waals surface area contributed by atoms with Crippen molar-refractivity contribution in [3.8, 4) is 11.5 Å². The van der Waals surface area contributed by atoms with Gasteiger partial charge in [-0.1, -0.05) is 24.3 Å². The summed E-state index contributed by atoms with van der Waals surface area (Å²) in [6.45, 7) is 2.88. The molecule has 0 radical (unpaired) electrons. The monoisotopic (exact) mass is 476 g/mol. The molecule has 4 bridgehead atoms. The maximum absolute atomic E-state index is 11.0. The van der Waals surface area contributed by atoms with Crippen molar-refractivity contribution >= 4 is 22.8 Å². The summed E-state index contributed by atoms with van der Waals surface area (Å²) in [5.41, 5.74) is 3.13. The van der Waals surface area contributed by atoms with Gasteiger partial charge in [-0.25, -0.2) is 4.79 Å².